The quantitative estimate of drug-likeness (QED) is 0.514. The molecule has 4 rings (SSSR count). The van der Waals surface area contributed by atoms with Gasteiger partial charge in [0, 0.05) is 10.7 Å². The first kappa shape index (κ1) is 19.2. The van der Waals surface area contributed by atoms with Crippen molar-refractivity contribution in [2.24, 2.45) is 0 Å². The lowest BCUT2D eigenvalue weighted by Crippen LogP contribution is -2.20. The molecule has 28 heavy (non-hydrogen) atoms. The van der Waals surface area contributed by atoms with E-state index in [0.717, 1.165) is 52.7 Å². The molecule has 0 saturated heterocycles. The lowest BCUT2D eigenvalue weighted by atomic mass is 9.98. The smallest absolute Gasteiger partial charge is 0.348 e. The molecule has 1 fully saturated rings. The number of carbonyl (C=O) groups excluding carboxylic acids is 1. The lowest BCUT2D eigenvalue weighted by Gasteiger charge is -2.21. The molecule has 1 N–H and O–H groups in total. The second-order valence-corrected chi connectivity index (χ2v) is 8.64. The van der Waals surface area contributed by atoms with Crippen LogP contribution < -0.4 is 5.32 Å². The summed E-state index contributed by atoms with van der Waals surface area (Å²) < 4.78 is 5.77. The number of thiophene rings is 1. The fourth-order valence-electron chi connectivity index (χ4n) is 3.64. The molecule has 1 aliphatic carbocycles. The Kier molecular flexibility index (Phi) is 5.51. The lowest BCUT2D eigenvalue weighted by molar-refractivity contribution is 0.0216. The number of ether oxygens (including phenoxy) is 1. The fraction of sp³-hybridized carbons (Fsp3) is 0.381. The average molecular weight is 416 g/mol. The molecule has 2 heterocycles. The first-order valence-electron chi connectivity index (χ1n) is 9.51. The molecular formula is C21H22ClN3O2S. The van der Waals surface area contributed by atoms with Crippen LogP contribution in [0.15, 0.2) is 24.5 Å². The van der Waals surface area contributed by atoms with Crippen molar-refractivity contribution < 1.29 is 9.53 Å². The largest absolute Gasteiger partial charge is 0.458 e. The van der Waals surface area contributed by atoms with Gasteiger partial charge in [-0.25, -0.2) is 14.8 Å². The number of nitrogens with one attached hydrogen (secondary N) is 1. The van der Waals surface area contributed by atoms with Crippen LogP contribution in [0.1, 0.15) is 52.9 Å². The third-order valence-electron chi connectivity index (χ3n) is 5.18. The highest BCUT2D eigenvalue weighted by atomic mass is 35.5. The SMILES string of the molecule is Cc1cc(Cl)ccc1Nc1ncnc2sc(C(=O)OC3CCCCC3)c(C)c12. The maximum Gasteiger partial charge on any atom is 0.348 e. The number of aryl methyl sites for hydroxylation is 2. The highest BCUT2D eigenvalue weighted by Crippen LogP contribution is 2.36. The van der Waals surface area contributed by atoms with Crippen LogP contribution in [0.4, 0.5) is 11.5 Å². The van der Waals surface area contributed by atoms with Gasteiger partial charge in [0.1, 0.15) is 28.0 Å². The van der Waals surface area contributed by atoms with Gasteiger partial charge in [0.25, 0.3) is 0 Å². The molecule has 0 radical (unpaired) electrons. The summed E-state index contributed by atoms with van der Waals surface area (Å²) in [6.45, 7) is 3.92. The first-order chi connectivity index (χ1) is 13.5. The van der Waals surface area contributed by atoms with Crippen LogP contribution >= 0.6 is 22.9 Å². The monoisotopic (exact) mass is 415 g/mol. The van der Waals surface area contributed by atoms with Crippen molar-refractivity contribution in [1.82, 2.24) is 9.97 Å². The van der Waals surface area contributed by atoms with Crippen LogP contribution in [0.25, 0.3) is 10.2 Å². The van der Waals surface area contributed by atoms with E-state index in [1.54, 1.807) is 0 Å². The number of halogens is 1. The molecule has 0 amide bonds. The average Bonchev–Trinajstić information content (AvgIpc) is 3.03. The van der Waals surface area contributed by atoms with Crippen LogP contribution in [0.3, 0.4) is 0 Å². The number of benzene rings is 1. The van der Waals surface area contributed by atoms with E-state index < -0.39 is 0 Å². The number of rotatable bonds is 4. The van der Waals surface area contributed by atoms with E-state index in [4.69, 9.17) is 16.3 Å². The van der Waals surface area contributed by atoms with Crippen molar-refractivity contribution in [2.45, 2.75) is 52.1 Å². The molecule has 1 saturated carbocycles. The van der Waals surface area contributed by atoms with Crippen LogP contribution in [0, 0.1) is 13.8 Å². The summed E-state index contributed by atoms with van der Waals surface area (Å²) in [5, 5.41) is 4.91. The van der Waals surface area contributed by atoms with Crippen molar-refractivity contribution in [1.29, 1.82) is 0 Å². The summed E-state index contributed by atoms with van der Waals surface area (Å²) in [6, 6.07) is 5.66. The molecule has 2 aromatic heterocycles. The second-order valence-electron chi connectivity index (χ2n) is 7.21. The van der Waals surface area contributed by atoms with Gasteiger partial charge in [-0.05, 0) is 68.9 Å². The molecule has 5 nitrogen and oxygen atoms in total. The number of carbonyl (C=O) groups is 1. The van der Waals surface area contributed by atoms with Gasteiger partial charge < -0.3 is 10.1 Å². The minimum Gasteiger partial charge on any atom is -0.458 e. The molecule has 1 aromatic carbocycles. The third kappa shape index (κ3) is 3.84. The Balaban J connectivity index is 1.65. The number of anilines is 2. The van der Waals surface area contributed by atoms with Crippen LogP contribution in [0.5, 0.6) is 0 Å². The summed E-state index contributed by atoms with van der Waals surface area (Å²) in [6.07, 6.45) is 6.95. The molecule has 7 heteroatoms. The first-order valence-corrected chi connectivity index (χ1v) is 10.7. The van der Waals surface area contributed by atoms with Crippen molar-refractivity contribution in [3.8, 4) is 0 Å². The highest BCUT2D eigenvalue weighted by Gasteiger charge is 2.24. The third-order valence-corrected chi connectivity index (χ3v) is 6.59. The Labute approximate surface area is 173 Å². The molecule has 0 atom stereocenters. The van der Waals surface area contributed by atoms with E-state index in [9.17, 15) is 4.79 Å². The minimum absolute atomic E-state index is 0.0336. The van der Waals surface area contributed by atoms with E-state index in [1.807, 2.05) is 32.0 Å². The molecule has 3 aromatic rings. The number of aromatic nitrogens is 2. The number of hydrogen-bond donors (Lipinski definition) is 1. The summed E-state index contributed by atoms with van der Waals surface area (Å²) in [5.41, 5.74) is 2.79. The van der Waals surface area contributed by atoms with Crippen molar-refractivity contribution in [2.75, 3.05) is 5.32 Å². The topological polar surface area (TPSA) is 64.1 Å². The van der Waals surface area contributed by atoms with Gasteiger partial charge in [-0.2, -0.15) is 0 Å². The second kappa shape index (κ2) is 8.05. The number of hydrogen-bond acceptors (Lipinski definition) is 6. The number of fused-ring (bicyclic) bond motifs is 1. The summed E-state index contributed by atoms with van der Waals surface area (Å²) in [5.74, 6) is 0.432. The van der Waals surface area contributed by atoms with Crippen LogP contribution in [0.2, 0.25) is 5.02 Å². The van der Waals surface area contributed by atoms with Crippen LogP contribution in [-0.2, 0) is 4.74 Å². The molecular weight excluding hydrogens is 394 g/mol. The predicted molar refractivity (Wildman–Crippen MR) is 114 cm³/mol. The number of esters is 1. The van der Waals surface area contributed by atoms with Crippen LogP contribution in [-0.4, -0.2) is 22.0 Å². The summed E-state index contributed by atoms with van der Waals surface area (Å²) >= 11 is 7.42. The van der Waals surface area contributed by atoms with Gasteiger partial charge in [-0.1, -0.05) is 18.0 Å². The minimum atomic E-state index is -0.249. The highest BCUT2D eigenvalue weighted by molar-refractivity contribution is 7.20. The van der Waals surface area contributed by atoms with Crippen molar-refractivity contribution >= 4 is 50.6 Å². The van der Waals surface area contributed by atoms with E-state index in [1.165, 1.54) is 24.1 Å². The van der Waals surface area contributed by atoms with Gasteiger partial charge in [0.05, 0.1) is 5.39 Å². The van der Waals surface area contributed by atoms with Gasteiger partial charge in [0.15, 0.2) is 0 Å². The standard InChI is InChI=1S/C21H22ClN3O2S/c1-12-10-14(22)8-9-16(12)25-19-17-13(2)18(28-20(17)24-11-23-19)21(26)27-15-6-4-3-5-7-15/h8-11,15H,3-7H2,1-2H3,(H,23,24,25). The molecule has 0 spiro atoms. The van der Waals surface area contributed by atoms with Crippen molar-refractivity contribution in [3.63, 3.8) is 0 Å². The Morgan fingerprint density at radius 2 is 2.00 bits per heavy atom. The van der Waals surface area contributed by atoms with Crippen molar-refractivity contribution in [3.05, 3.63) is 45.6 Å². The summed E-state index contributed by atoms with van der Waals surface area (Å²) in [7, 11) is 0. The van der Waals surface area contributed by atoms with Gasteiger partial charge in [-0.3, -0.25) is 0 Å². The Bertz CT molecular complexity index is 1030. The molecule has 146 valence electrons. The summed E-state index contributed by atoms with van der Waals surface area (Å²) in [4.78, 5) is 22.9. The molecule has 0 aliphatic heterocycles. The predicted octanol–water partition coefficient (Wildman–Crippen LogP) is 6.19. The van der Waals surface area contributed by atoms with E-state index in [0.29, 0.717) is 15.7 Å². The maximum atomic E-state index is 12.8. The van der Waals surface area contributed by atoms with Gasteiger partial charge in [0.2, 0.25) is 0 Å². The molecule has 1 aliphatic rings. The zero-order valence-corrected chi connectivity index (χ0v) is 17.5. The Hall–Kier alpha value is -2.18. The Morgan fingerprint density at radius 1 is 1.21 bits per heavy atom. The fourth-order valence-corrected chi connectivity index (χ4v) is 4.90. The maximum absolute atomic E-state index is 12.8. The molecule has 0 unspecified atom stereocenters. The number of nitrogens with zero attached hydrogens (tertiary/aromatic N) is 2. The van der Waals surface area contributed by atoms with E-state index in [-0.39, 0.29) is 12.1 Å². The normalized spacial score (nSPS) is 15.0. The van der Waals surface area contributed by atoms with E-state index in [2.05, 4.69) is 15.3 Å². The zero-order valence-electron chi connectivity index (χ0n) is 15.9. The van der Waals surface area contributed by atoms with E-state index >= 15 is 0 Å². The van der Waals surface area contributed by atoms with Gasteiger partial charge >= 0.3 is 5.97 Å². The zero-order chi connectivity index (χ0) is 19.7. The molecule has 0 bridgehead atoms. The van der Waals surface area contributed by atoms with Gasteiger partial charge in [-0.15, -0.1) is 11.3 Å². The Morgan fingerprint density at radius 3 is 2.75 bits per heavy atom.